The van der Waals surface area contributed by atoms with E-state index < -0.39 is 42.5 Å². The van der Waals surface area contributed by atoms with E-state index >= 15 is 0 Å². The SMILES string of the molecule is CC(C)[C@H](NC(=O)OC1CCCC1)C(=O)N1C[C@H](OC(=O)N2Cc3cc4c(cc3C2)OCO4)C[C@H]1C1=NC=C(c2ccc(-c3ccc(-c4cnc([C@@H]5CCCN5C(=O)[C@@H](NC(=O)OC5CCCC5)C(C)C)[nH]4)cc3)cc2)C1. The number of imidazole rings is 1. The van der Waals surface area contributed by atoms with Crippen molar-refractivity contribution in [1.29, 1.82) is 0 Å². The van der Waals surface area contributed by atoms with Crippen LogP contribution in [0.2, 0.25) is 0 Å². The van der Waals surface area contributed by atoms with Gasteiger partial charge in [0.2, 0.25) is 18.6 Å². The van der Waals surface area contributed by atoms with E-state index in [9.17, 15) is 24.0 Å². The smallest absolute Gasteiger partial charge is 0.410 e. The Morgan fingerprint density at radius 3 is 1.77 bits per heavy atom. The Labute approximate surface area is 449 Å². The van der Waals surface area contributed by atoms with E-state index in [1.165, 1.54) is 0 Å². The first-order valence-electron chi connectivity index (χ1n) is 27.8. The standard InChI is InChI=1S/C59H70N8O10/c1-34(2)52(63-57(70)75-43-10-5-6-11-43)55(68)66-23-9-14-48(66)54-61-29-47(62-54)39-21-19-37(20-22-39)36-15-17-38(18-16-36)40-24-46(60-28-40)49-27-45(77-59(72)65-30-41-25-50-51(74-33-73-50)26-42(41)31-65)32-67(49)56(69)53(35(3)4)64-58(71)76-44-12-7-8-13-44/h15-22,25-26,28-29,34-35,43-45,48-49,52-53H,5-14,23-24,27,30-33H2,1-4H3,(H,61,62)(H,63,70)(H,64,71)/t45-,48+,49+,52+,53+/m1/s1. The Morgan fingerprint density at radius 1 is 0.649 bits per heavy atom. The second-order valence-corrected chi connectivity index (χ2v) is 22.4. The van der Waals surface area contributed by atoms with Gasteiger partial charge in [0.15, 0.2) is 11.5 Å². The van der Waals surface area contributed by atoms with Crippen LogP contribution in [0.1, 0.15) is 133 Å². The number of amides is 5. The van der Waals surface area contributed by atoms with Gasteiger partial charge in [0.05, 0.1) is 30.5 Å². The zero-order chi connectivity index (χ0) is 53.3. The zero-order valence-corrected chi connectivity index (χ0v) is 44.5. The normalized spacial score (nSPS) is 21.8. The van der Waals surface area contributed by atoms with Crippen LogP contribution in [0.3, 0.4) is 0 Å². The number of aliphatic imine (C=N–C) groups is 1. The maximum absolute atomic E-state index is 14.7. The molecule has 5 atom stereocenters. The molecule has 77 heavy (non-hydrogen) atoms. The Kier molecular flexibility index (Phi) is 15.0. The topological polar surface area (TPSA) is 206 Å². The second kappa shape index (κ2) is 22.3. The summed E-state index contributed by atoms with van der Waals surface area (Å²) in [5.74, 6) is 1.29. The molecular weight excluding hydrogens is 981 g/mol. The van der Waals surface area contributed by atoms with Crippen molar-refractivity contribution in [3.05, 3.63) is 95.6 Å². The van der Waals surface area contributed by atoms with Crippen molar-refractivity contribution in [2.75, 3.05) is 19.9 Å². The predicted molar refractivity (Wildman–Crippen MR) is 286 cm³/mol. The molecule has 2 saturated heterocycles. The maximum Gasteiger partial charge on any atom is 0.410 e. The first-order chi connectivity index (χ1) is 37.3. The molecule has 3 aromatic carbocycles. The van der Waals surface area contributed by atoms with Crippen molar-refractivity contribution in [2.24, 2.45) is 16.8 Å². The van der Waals surface area contributed by atoms with Gasteiger partial charge >= 0.3 is 18.3 Å². The molecule has 5 amide bonds. The first kappa shape index (κ1) is 51.7. The Balaban J connectivity index is 0.729. The van der Waals surface area contributed by atoms with Gasteiger partial charge in [0.1, 0.15) is 36.2 Å². The quantitative estimate of drug-likeness (QED) is 0.101. The van der Waals surface area contributed by atoms with Gasteiger partial charge in [-0.25, -0.2) is 19.4 Å². The van der Waals surface area contributed by atoms with Crippen LogP contribution >= 0.6 is 0 Å². The lowest BCUT2D eigenvalue weighted by Gasteiger charge is -2.31. The molecule has 6 heterocycles. The molecule has 4 aromatic rings. The lowest BCUT2D eigenvalue weighted by molar-refractivity contribution is -0.136. The highest BCUT2D eigenvalue weighted by Crippen LogP contribution is 2.40. The van der Waals surface area contributed by atoms with Crippen LogP contribution in [-0.2, 0) is 36.9 Å². The highest BCUT2D eigenvalue weighted by atomic mass is 16.7. The third-order valence-electron chi connectivity index (χ3n) is 16.4. The summed E-state index contributed by atoms with van der Waals surface area (Å²) in [5, 5.41) is 5.77. The monoisotopic (exact) mass is 1050 g/mol. The van der Waals surface area contributed by atoms with Crippen molar-refractivity contribution in [2.45, 2.75) is 160 Å². The summed E-state index contributed by atoms with van der Waals surface area (Å²) < 4.78 is 28.7. The molecule has 11 rings (SSSR count). The lowest BCUT2D eigenvalue weighted by atomic mass is 9.95. The van der Waals surface area contributed by atoms with Crippen molar-refractivity contribution in [3.8, 4) is 33.9 Å². The number of ether oxygens (including phenoxy) is 5. The summed E-state index contributed by atoms with van der Waals surface area (Å²) in [6.07, 6.45) is 11.2. The largest absolute Gasteiger partial charge is 0.454 e. The van der Waals surface area contributed by atoms with E-state index in [1.54, 1.807) is 9.80 Å². The van der Waals surface area contributed by atoms with Crippen molar-refractivity contribution in [3.63, 3.8) is 0 Å². The molecule has 406 valence electrons. The number of hydrogen-bond acceptors (Lipinski definition) is 12. The Morgan fingerprint density at radius 2 is 1.19 bits per heavy atom. The number of alkyl carbamates (subject to hydrolysis) is 2. The number of fused-ring (bicyclic) bond motifs is 2. The molecule has 2 saturated carbocycles. The van der Waals surface area contributed by atoms with Crippen LogP contribution in [-0.4, -0.2) is 117 Å². The summed E-state index contributed by atoms with van der Waals surface area (Å²) in [6.45, 7) is 9.32. The summed E-state index contributed by atoms with van der Waals surface area (Å²) in [4.78, 5) is 86.8. The molecule has 18 heteroatoms. The molecule has 4 fully saturated rings. The number of likely N-dealkylation sites (tertiary alicyclic amines) is 2. The molecule has 0 bridgehead atoms. The fourth-order valence-corrected chi connectivity index (χ4v) is 12.1. The highest BCUT2D eigenvalue weighted by molar-refractivity contribution is 6.04. The number of nitrogens with one attached hydrogen (secondary N) is 3. The summed E-state index contributed by atoms with van der Waals surface area (Å²) in [6, 6.07) is 18.2. The van der Waals surface area contributed by atoms with Gasteiger partial charge in [-0.05, 0) is 127 Å². The molecule has 1 aromatic heterocycles. The number of rotatable bonds is 14. The Hall–Kier alpha value is -7.37. The van der Waals surface area contributed by atoms with Crippen LogP contribution in [0, 0.1) is 11.8 Å². The first-order valence-corrected chi connectivity index (χ1v) is 27.8. The number of hydrogen-bond donors (Lipinski definition) is 3. The minimum atomic E-state index is -0.861. The van der Waals surface area contributed by atoms with E-state index in [4.69, 9.17) is 33.7 Å². The lowest BCUT2D eigenvalue weighted by Crippen LogP contribution is -2.54. The van der Waals surface area contributed by atoms with Gasteiger partial charge in [-0.2, -0.15) is 0 Å². The number of aromatic nitrogens is 2. The van der Waals surface area contributed by atoms with E-state index in [0.717, 1.165) is 120 Å². The average molecular weight is 1050 g/mol. The number of benzene rings is 3. The third kappa shape index (κ3) is 11.2. The zero-order valence-electron chi connectivity index (χ0n) is 44.5. The minimum Gasteiger partial charge on any atom is -0.454 e. The molecular formula is C59H70N8O10. The van der Waals surface area contributed by atoms with Gasteiger partial charge in [-0.1, -0.05) is 76.2 Å². The van der Waals surface area contributed by atoms with Crippen LogP contribution in [0.15, 0.2) is 78.1 Å². The van der Waals surface area contributed by atoms with Gasteiger partial charge in [0.25, 0.3) is 0 Å². The van der Waals surface area contributed by atoms with Crippen molar-refractivity contribution in [1.82, 2.24) is 35.3 Å². The van der Waals surface area contributed by atoms with E-state index in [0.29, 0.717) is 44.0 Å². The van der Waals surface area contributed by atoms with Crippen LogP contribution in [0.25, 0.3) is 28.0 Å². The summed E-state index contributed by atoms with van der Waals surface area (Å²) >= 11 is 0. The highest BCUT2D eigenvalue weighted by Gasteiger charge is 2.45. The number of allylic oxidation sites excluding steroid dienone is 1. The average Bonchev–Trinajstić information content (AvgIpc) is 4.33. The molecule has 2 aliphatic carbocycles. The number of nitrogens with zero attached hydrogens (tertiary/aromatic N) is 5. The van der Waals surface area contributed by atoms with Crippen molar-refractivity contribution >= 4 is 41.4 Å². The van der Waals surface area contributed by atoms with Gasteiger partial charge in [-0.3, -0.25) is 19.5 Å². The second-order valence-electron chi connectivity index (χ2n) is 22.4. The van der Waals surface area contributed by atoms with E-state index in [2.05, 4.69) is 64.1 Å². The van der Waals surface area contributed by atoms with Crippen LogP contribution in [0.5, 0.6) is 11.5 Å². The number of aromatic amines is 1. The van der Waals surface area contributed by atoms with Gasteiger partial charge < -0.3 is 49.1 Å². The fourth-order valence-electron chi connectivity index (χ4n) is 12.1. The molecule has 0 radical (unpaired) electrons. The minimum absolute atomic E-state index is 0.0857. The fraction of sp³-hybridized carbons (Fsp3) is 0.508. The summed E-state index contributed by atoms with van der Waals surface area (Å²) in [7, 11) is 0. The number of carbonyl (C=O) groups excluding carboxylic acids is 5. The Bertz CT molecular complexity index is 2890. The number of carbonyl (C=O) groups is 5. The van der Waals surface area contributed by atoms with Crippen molar-refractivity contribution < 1.29 is 47.7 Å². The molecule has 3 N–H and O–H groups in total. The van der Waals surface area contributed by atoms with Gasteiger partial charge in [-0.15, -0.1) is 0 Å². The molecule has 18 nitrogen and oxygen atoms in total. The van der Waals surface area contributed by atoms with E-state index in [-0.39, 0.29) is 55.2 Å². The van der Waals surface area contributed by atoms with Crippen LogP contribution < -0.4 is 20.1 Å². The molecule has 0 spiro atoms. The number of H-pyrrole nitrogens is 1. The molecule has 7 aliphatic rings. The van der Waals surface area contributed by atoms with E-state index in [1.807, 2.05) is 57.1 Å². The van der Waals surface area contributed by atoms with Gasteiger partial charge in [0, 0.05) is 44.4 Å². The maximum atomic E-state index is 14.7. The van der Waals surface area contributed by atoms with Crippen LogP contribution in [0.4, 0.5) is 14.4 Å². The predicted octanol–water partition coefficient (Wildman–Crippen LogP) is 9.83. The summed E-state index contributed by atoms with van der Waals surface area (Å²) in [5.41, 5.74) is 8.61. The molecule has 0 unspecified atom stereocenters. The third-order valence-corrected chi connectivity index (χ3v) is 16.4. The molecule has 5 aliphatic heterocycles.